The first-order valence-corrected chi connectivity index (χ1v) is 19.4. The van der Waals surface area contributed by atoms with Crippen molar-refractivity contribution >= 4 is 27.7 Å². The number of aliphatic hydroxyl groups is 6. The number of aryl methyl sites for hydroxylation is 1. The Labute approximate surface area is 328 Å². The van der Waals surface area contributed by atoms with Gasteiger partial charge in [0.2, 0.25) is 0 Å². The number of ether oxygens (including phenoxy) is 4. The standard InChI is InChI=1S/C37H61N7O10S/c1-30-26-34(35(51-3)27-33(30)40-41-37-32(28-38)31(2)36(29-39)55-37)42(4-20-52-22-12-43(6-14-45,7-15-46)8-16-47)5-21-53-24-25-54-23-13-44(9-17-48,10-18-49)11-19-50/h26-27,45-50H,4-25H2,1-3H3/q+2. The smallest absolute Gasteiger partial charge is 0.158 e. The first kappa shape index (κ1) is 47.8. The van der Waals surface area contributed by atoms with Gasteiger partial charge in [-0.25, -0.2) is 0 Å². The molecule has 0 bridgehead atoms. The Morgan fingerprint density at radius 3 is 1.56 bits per heavy atom. The van der Waals surface area contributed by atoms with Crippen LogP contribution in [0, 0.1) is 36.5 Å². The van der Waals surface area contributed by atoms with Gasteiger partial charge in [0.25, 0.3) is 0 Å². The quantitative estimate of drug-likeness (QED) is 0.0355. The van der Waals surface area contributed by atoms with Crippen LogP contribution in [-0.4, -0.2) is 191 Å². The third kappa shape index (κ3) is 15.3. The van der Waals surface area contributed by atoms with Crippen molar-refractivity contribution in [3.63, 3.8) is 0 Å². The SMILES string of the molecule is COc1cc(N=Nc2sc(C#N)c(C)c2C#N)c(C)cc1N(CCOCCOCC[N+](CCO)(CCO)CCO)CCOCC[N+](CCO)(CCO)CCO. The van der Waals surface area contributed by atoms with Crippen molar-refractivity contribution in [3.05, 3.63) is 33.7 Å². The molecule has 55 heavy (non-hydrogen) atoms. The molecule has 0 aliphatic heterocycles. The fourth-order valence-electron chi connectivity index (χ4n) is 6.34. The molecular weight excluding hydrogens is 735 g/mol. The lowest BCUT2D eigenvalue weighted by molar-refractivity contribution is -0.929. The van der Waals surface area contributed by atoms with E-state index < -0.39 is 0 Å². The summed E-state index contributed by atoms with van der Waals surface area (Å²) in [5.74, 6) is 0.531. The molecule has 0 amide bonds. The van der Waals surface area contributed by atoms with Gasteiger partial charge in [-0.15, -0.1) is 21.6 Å². The van der Waals surface area contributed by atoms with E-state index in [9.17, 15) is 41.2 Å². The van der Waals surface area contributed by atoms with Crippen LogP contribution in [0.4, 0.5) is 16.4 Å². The average molecular weight is 796 g/mol. The van der Waals surface area contributed by atoms with Crippen LogP contribution in [0.5, 0.6) is 5.75 Å². The van der Waals surface area contributed by atoms with Crippen molar-refractivity contribution in [2.24, 2.45) is 10.2 Å². The van der Waals surface area contributed by atoms with Gasteiger partial charge in [0, 0.05) is 19.2 Å². The van der Waals surface area contributed by atoms with Crippen LogP contribution in [0.15, 0.2) is 22.4 Å². The average Bonchev–Trinajstić information content (AvgIpc) is 3.48. The number of rotatable bonds is 31. The van der Waals surface area contributed by atoms with Crippen LogP contribution in [-0.2, 0) is 14.2 Å². The zero-order valence-electron chi connectivity index (χ0n) is 32.6. The molecule has 1 aromatic heterocycles. The molecule has 0 radical (unpaired) electrons. The van der Waals surface area contributed by atoms with Crippen molar-refractivity contribution in [2.75, 3.05) is 157 Å². The molecule has 1 aromatic carbocycles. The largest absolute Gasteiger partial charge is 0.495 e. The fraction of sp³-hybridized carbons (Fsp3) is 0.676. The minimum absolute atomic E-state index is 0.0545. The van der Waals surface area contributed by atoms with Crippen molar-refractivity contribution in [3.8, 4) is 17.9 Å². The molecule has 2 aromatic rings. The fourth-order valence-corrected chi connectivity index (χ4v) is 7.22. The molecule has 308 valence electrons. The Balaban J connectivity index is 2.17. The Kier molecular flexibility index (Phi) is 23.0. The van der Waals surface area contributed by atoms with Crippen LogP contribution in [0.25, 0.3) is 0 Å². The minimum Gasteiger partial charge on any atom is -0.495 e. The number of methoxy groups -OCH3 is 1. The third-order valence-electron chi connectivity index (χ3n) is 9.68. The van der Waals surface area contributed by atoms with Gasteiger partial charge >= 0.3 is 0 Å². The Bertz CT molecular complexity index is 1480. The lowest BCUT2D eigenvalue weighted by atomic mass is 10.1. The van der Waals surface area contributed by atoms with Gasteiger partial charge in [0.05, 0.1) is 103 Å². The van der Waals surface area contributed by atoms with E-state index >= 15 is 0 Å². The number of aliphatic hydroxyl groups excluding tert-OH is 6. The monoisotopic (exact) mass is 795 g/mol. The minimum atomic E-state index is -0.0714. The predicted molar refractivity (Wildman–Crippen MR) is 207 cm³/mol. The second-order valence-electron chi connectivity index (χ2n) is 13.1. The van der Waals surface area contributed by atoms with E-state index in [4.69, 9.17) is 18.9 Å². The number of benzene rings is 1. The summed E-state index contributed by atoms with van der Waals surface area (Å²) in [4.78, 5) is 2.49. The topological polar surface area (TPSA) is 234 Å². The zero-order valence-corrected chi connectivity index (χ0v) is 33.4. The first-order chi connectivity index (χ1) is 26.7. The van der Waals surface area contributed by atoms with E-state index in [1.807, 2.05) is 13.0 Å². The zero-order chi connectivity index (χ0) is 40.5. The molecule has 1 heterocycles. The summed E-state index contributed by atoms with van der Waals surface area (Å²) >= 11 is 1.11. The summed E-state index contributed by atoms with van der Waals surface area (Å²) in [5, 5.41) is 85.5. The van der Waals surface area contributed by atoms with Crippen molar-refractivity contribution in [1.82, 2.24) is 0 Å². The molecule has 0 atom stereocenters. The Morgan fingerprint density at radius 1 is 0.655 bits per heavy atom. The molecular formula is C37H61N7O10S+2. The highest BCUT2D eigenvalue weighted by molar-refractivity contribution is 7.16. The van der Waals surface area contributed by atoms with Crippen LogP contribution in [0.2, 0.25) is 0 Å². The maximum absolute atomic E-state index is 9.62. The summed E-state index contributed by atoms with van der Waals surface area (Å²) in [5.41, 5.74) is 3.00. The Hall–Kier alpha value is -3.34. The van der Waals surface area contributed by atoms with Crippen molar-refractivity contribution < 1.29 is 58.6 Å². The summed E-state index contributed by atoms with van der Waals surface area (Å²) < 4.78 is 24.3. The highest BCUT2D eigenvalue weighted by Gasteiger charge is 2.27. The van der Waals surface area contributed by atoms with Crippen LogP contribution in [0.1, 0.15) is 21.6 Å². The van der Waals surface area contributed by atoms with Gasteiger partial charge in [0.15, 0.2) is 5.00 Å². The number of thiophene rings is 1. The molecule has 2 rings (SSSR count). The molecule has 17 nitrogen and oxygen atoms in total. The molecule has 0 aliphatic carbocycles. The first-order valence-electron chi connectivity index (χ1n) is 18.5. The number of anilines is 1. The number of hydrogen-bond acceptors (Lipinski definition) is 16. The molecule has 0 saturated heterocycles. The highest BCUT2D eigenvalue weighted by atomic mass is 32.1. The second kappa shape index (κ2) is 26.5. The van der Waals surface area contributed by atoms with E-state index in [1.165, 1.54) is 0 Å². The molecule has 18 heteroatoms. The lowest BCUT2D eigenvalue weighted by Crippen LogP contribution is -2.55. The van der Waals surface area contributed by atoms with Gasteiger partial charge in [-0.1, -0.05) is 0 Å². The van der Waals surface area contributed by atoms with Gasteiger partial charge in [-0.05, 0) is 31.0 Å². The van der Waals surface area contributed by atoms with E-state index in [0.29, 0.717) is 146 Å². The number of hydrogen-bond donors (Lipinski definition) is 6. The van der Waals surface area contributed by atoms with E-state index in [1.54, 1.807) is 20.1 Å². The predicted octanol–water partition coefficient (Wildman–Crippen LogP) is 0.976. The normalized spacial score (nSPS) is 12.0. The van der Waals surface area contributed by atoms with E-state index in [-0.39, 0.29) is 39.6 Å². The molecule has 0 aliphatic rings. The van der Waals surface area contributed by atoms with E-state index in [2.05, 4.69) is 27.3 Å². The Morgan fingerprint density at radius 2 is 1.13 bits per heavy atom. The van der Waals surface area contributed by atoms with Gasteiger partial charge in [-0.3, -0.25) is 0 Å². The second-order valence-corrected chi connectivity index (χ2v) is 14.1. The summed E-state index contributed by atoms with van der Waals surface area (Å²) in [6.45, 7) is 9.77. The number of azo groups is 1. The summed E-state index contributed by atoms with van der Waals surface area (Å²) in [6, 6.07) is 7.91. The molecule has 6 N–H and O–H groups in total. The van der Waals surface area contributed by atoms with Crippen LogP contribution in [0.3, 0.4) is 0 Å². The van der Waals surface area contributed by atoms with Gasteiger partial charge < -0.3 is 63.5 Å². The molecule has 0 spiro atoms. The van der Waals surface area contributed by atoms with Gasteiger partial charge in [0.1, 0.15) is 75.1 Å². The third-order valence-corrected chi connectivity index (χ3v) is 10.8. The molecule has 0 unspecified atom stereocenters. The van der Waals surface area contributed by atoms with Crippen LogP contribution < -0.4 is 9.64 Å². The van der Waals surface area contributed by atoms with Crippen LogP contribution >= 0.6 is 11.3 Å². The molecule has 0 fully saturated rings. The molecule has 0 saturated carbocycles. The lowest BCUT2D eigenvalue weighted by Gasteiger charge is -2.37. The van der Waals surface area contributed by atoms with Crippen molar-refractivity contribution in [2.45, 2.75) is 13.8 Å². The summed E-state index contributed by atoms with van der Waals surface area (Å²) in [7, 11) is 1.56. The van der Waals surface area contributed by atoms with Crippen molar-refractivity contribution in [1.29, 1.82) is 10.5 Å². The maximum Gasteiger partial charge on any atom is 0.158 e. The summed E-state index contributed by atoms with van der Waals surface area (Å²) in [6.07, 6.45) is 0. The number of nitrogens with zero attached hydrogens (tertiary/aromatic N) is 7. The highest BCUT2D eigenvalue weighted by Crippen LogP contribution is 2.38. The maximum atomic E-state index is 9.62. The van der Waals surface area contributed by atoms with E-state index in [0.717, 1.165) is 22.6 Å². The number of nitriles is 2. The van der Waals surface area contributed by atoms with Gasteiger partial charge in [-0.2, -0.15) is 10.5 Å². The number of quaternary nitrogens is 2.